The van der Waals surface area contributed by atoms with Crippen LogP contribution in [0.15, 0.2) is 48.7 Å². The number of nitrogens with one attached hydrogen (secondary N) is 2. The van der Waals surface area contributed by atoms with Gasteiger partial charge >= 0.3 is 0 Å². The monoisotopic (exact) mass is 541 g/mol. The molecule has 1 saturated heterocycles. The predicted octanol–water partition coefficient (Wildman–Crippen LogP) is 7.14. The Morgan fingerprint density at radius 3 is 2.41 bits per heavy atom. The molecular formula is C28H37ClN5O2P. The van der Waals surface area contributed by atoms with Crippen molar-refractivity contribution in [2.45, 2.75) is 33.6 Å². The molecule has 1 aliphatic rings. The van der Waals surface area contributed by atoms with Gasteiger partial charge in [0.25, 0.3) is 0 Å². The number of ether oxygens (including phenoxy) is 1. The predicted molar refractivity (Wildman–Crippen MR) is 157 cm³/mol. The second-order valence-corrected chi connectivity index (χ2v) is 14.6. The minimum atomic E-state index is -2.50. The number of para-hydroxylation sites is 1. The summed E-state index contributed by atoms with van der Waals surface area (Å²) in [6.07, 6.45) is 3.92. The van der Waals surface area contributed by atoms with Gasteiger partial charge in [-0.3, -0.25) is 0 Å². The highest BCUT2D eigenvalue weighted by molar-refractivity contribution is 7.70. The highest BCUT2D eigenvalue weighted by Gasteiger charge is 2.29. The van der Waals surface area contributed by atoms with E-state index < -0.39 is 7.14 Å². The lowest BCUT2D eigenvalue weighted by atomic mass is 9.75. The van der Waals surface area contributed by atoms with Gasteiger partial charge in [0, 0.05) is 30.1 Å². The summed E-state index contributed by atoms with van der Waals surface area (Å²) in [6.45, 7) is 12.6. The zero-order valence-corrected chi connectivity index (χ0v) is 24.2. The Balaban J connectivity index is 1.52. The van der Waals surface area contributed by atoms with E-state index in [-0.39, 0.29) is 0 Å². The van der Waals surface area contributed by atoms with Crippen molar-refractivity contribution in [3.63, 3.8) is 0 Å². The summed E-state index contributed by atoms with van der Waals surface area (Å²) in [7, 11) is -0.836. The third kappa shape index (κ3) is 6.58. The number of methoxy groups -OCH3 is 1. The van der Waals surface area contributed by atoms with Crippen molar-refractivity contribution in [1.29, 1.82) is 0 Å². The normalized spacial score (nSPS) is 14.9. The fourth-order valence-electron chi connectivity index (χ4n) is 4.80. The maximum atomic E-state index is 12.8. The lowest BCUT2D eigenvalue weighted by Crippen LogP contribution is -2.38. The van der Waals surface area contributed by atoms with E-state index in [4.69, 9.17) is 16.3 Å². The first-order chi connectivity index (χ1) is 17.5. The van der Waals surface area contributed by atoms with Crippen LogP contribution < -0.4 is 25.6 Å². The van der Waals surface area contributed by atoms with Crippen LogP contribution in [-0.2, 0) is 4.57 Å². The van der Waals surface area contributed by atoms with Crippen molar-refractivity contribution >= 4 is 52.9 Å². The number of halogens is 1. The highest BCUT2D eigenvalue weighted by atomic mass is 35.5. The van der Waals surface area contributed by atoms with Crippen molar-refractivity contribution in [2.24, 2.45) is 11.3 Å². The molecule has 0 unspecified atom stereocenters. The van der Waals surface area contributed by atoms with Crippen LogP contribution in [0.5, 0.6) is 5.75 Å². The zero-order valence-electron chi connectivity index (χ0n) is 22.5. The number of nitrogens with zero attached hydrogens (tertiary/aromatic N) is 3. The molecule has 0 amide bonds. The maximum Gasteiger partial charge on any atom is 0.229 e. The Kier molecular flexibility index (Phi) is 8.05. The van der Waals surface area contributed by atoms with Gasteiger partial charge in [0.05, 0.1) is 24.7 Å². The summed E-state index contributed by atoms with van der Waals surface area (Å²) in [4.78, 5) is 11.4. The summed E-state index contributed by atoms with van der Waals surface area (Å²) in [5, 5.41) is 7.60. The van der Waals surface area contributed by atoms with Gasteiger partial charge in [-0.1, -0.05) is 44.5 Å². The maximum absolute atomic E-state index is 12.8. The third-order valence-corrected chi connectivity index (χ3v) is 8.82. The molecule has 0 spiro atoms. The smallest absolute Gasteiger partial charge is 0.229 e. The molecule has 2 heterocycles. The molecular weight excluding hydrogens is 505 g/mol. The Morgan fingerprint density at radius 1 is 1.05 bits per heavy atom. The van der Waals surface area contributed by atoms with Gasteiger partial charge in [-0.15, -0.1) is 0 Å². The Labute approximate surface area is 225 Å². The van der Waals surface area contributed by atoms with Gasteiger partial charge in [-0.2, -0.15) is 4.98 Å². The SMILES string of the molecule is COc1cc(N2CCC(C(C)(C)C)CC2)ccc1Nc1ncc(Cl)c(Nc2ccccc2P(C)(C)=O)n1. The quantitative estimate of drug-likeness (QED) is 0.308. The molecule has 1 aromatic heterocycles. The standard InChI is InChI=1S/C28H37ClN5O2P/c1-28(2,3)19-13-15-34(16-14-19)20-11-12-22(24(17-20)36-4)32-27-30-18-21(29)26(33-27)31-23-9-7-8-10-25(23)37(5,6)35/h7-12,17-19H,13-16H2,1-6H3,(H2,30,31,32,33). The van der Waals surface area contributed by atoms with Crippen LogP contribution in [-0.4, -0.2) is 43.5 Å². The fourth-order valence-corrected chi connectivity index (χ4v) is 6.09. The fraction of sp³-hybridized carbons (Fsp3) is 0.429. The van der Waals surface area contributed by atoms with Crippen LogP contribution in [0, 0.1) is 11.3 Å². The first-order valence-electron chi connectivity index (χ1n) is 12.6. The van der Waals surface area contributed by atoms with Crippen LogP contribution in [0.25, 0.3) is 0 Å². The Hall–Kier alpha value is -2.76. The zero-order chi connectivity index (χ0) is 26.8. The van der Waals surface area contributed by atoms with E-state index in [0.29, 0.717) is 33.6 Å². The summed E-state index contributed by atoms with van der Waals surface area (Å²) in [5.41, 5.74) is 2.96. The lowest BCUT2D eigenvalue weighted by molar-refractivity contribution is 0.199. The molecule has 9 heteroatoms. The highest BCUT2D eigenvalue weighted by Crippen LogP contribution is 2.40. The lowest BCUT2D eigenvalue weighted by Gasteiger charge is -2.39. The summed E-state index contributed by atoms with van der Waals surface area (Å²) in [6, 6.07) is 13.6. The molecule has 4 rings (SSSR count). The molecule has 2 aromatic carbocycles. The average molecular weight is 542 g/mol. The average Bonchev–Trinajstić information content (AvgIpc) is 2.85. The van der Waals surface area contributed by atoms with E-state index >= 15 is 0 Å². The van der Waals surface area contributed by atoms with Gasteiger partial charge in [0.15, 0.2) is 5.82 Å². The molecule has 0 radical (unpaired) electrons. The number of hydrogen-bond donors (Lipinski definition) is 2. The molecule has 2 N–H and O–H groups in total. The first-order valence-corrected chi connectivity index (χ1v) is 15.6. The van der Waals surface area contributed by atoms with Crippen LogP contribution in [0.2, 0.25) is 5.02 Å². The molecule has 0 saturated carbocycles. The van der Waals surface area contributed by atoms with Gasteiger partial charge in [0.2, 0.25) is 5.95 Å². The summed E-state index contributed by atoms with van der Waals surface area (Å²) < 4.78 is 18.5. The number of aromatic nitrogens is 2. The number of piperidine rings is 1. The number of rotatable bonds is 7. The third-order valence-electron chi connectivity index (χ3n) is 7.00. The van der Waals surface area contributed by atoms with Gasteiger partial charge in [-0.25, -0.2) is 4.98 Å². The van der Waals surface area contributed by atoms with Crippen LogP contribution in [0.1, 0.15) is 33.6 Å². The molecule has 3 aromatic rings. The first kappa shape index (κ1) is 27.3. The van der Waals surface area contributed by atoms with Crippen molar-refractivity contribution in [3.05, 3.63) is 53.7 Å². The summed E-state index contributed by atoms with van der Waals surface area (Å²) >= 11 is 6.40. The molecule has 7 nitrogen and oxygen atoms in total. The number of anilines is 5. The van der Waals surface area contributed by atoms with E-state index in [1.165, 1.54) is 12.8 Å². The van der Waals surface area contributed by atoms with Crippen LogP contribution in [0.4, 0.5) is 28.8 Å². The van der Waals surface area contributed by atoms with Crippen molar-refractivity contribution in [2.75, 3.05) is 49.1 Å². The second-order valence-electron chi connectivity index (χ2n) is 11.0. The topological polar surface area (TPSA) is 79.4 Å². The van der Waals surface area contributed by atoms with Crippen LogP contribution in [0.3, 0.4) is 0 Å². The van der Waals surface area contributed by atoms with Crippen molar-refractivity contribution in [3.8, 4) is 5.75 Å². The molecule has 1 aliphatic heterocycles. The largest absolute Gasteiger partial charge is 0.494 e. The Bertz CT molecular complexity index is 1300. The molecule has 0 aliphatic carbocycles. The van der Waals surface area contributed by atoms with Gasteiger partial charge in [0.1, 0.15) is 17.9 Å². The molecule has 198 valence electrons. The van der Waals surface area contributed by atoms with Gasteiger partial charge in [-0.05, 0) is 61.8 Å². The minimum Gasteiger partial charge on any atom is -0.494 e. The number of hydrogen-bond acceptors (Lipinski definition) is 7. The van der Waals surface area contributed by atoms with E-state index in [2.05, 4.69) is 58.4 Å². The number of benzene rings is 2. The Morgan fingerprint density at radius 2 is 1.76 bits per heavy atom. The van der Waals surface area contributed by atoms with E-state index in [1.807, 2.05) is 30.3 Å². The van der Waals surface area contributed by atoms with Crippen molar-refractivity contribution in [1.82, 2.24) is 9.97 Å². The van der Waals surface area contributed by atoms with Crippen LogP contribution >= 0.6 is 18.7 Å². The summed E-state index contributed by atoms with van der Waals surface area (Å²) in [5.74, 6) is 2.26. The van der Waals surface area contributed by atoms with Gasteiger partial charge < -0.3 is 24.8 Å². The van der Waals surface area contributed by atoms with E-state index in [1.54, 1.807) is 26.6 Å². The molecule has 0 bridgehead atoms. The van der Waals surface area contributed by atoms with Crippen molar-refractivity contribution < 1.29 is 9.30 Å². The van der Waals surface area contributed by atoms with E-state index in [9.17, 15) is 4.57 Å². The minimum absolute atomic E-state index is 0.346. The molecule has 0 atom stereocenters. The molecule has 37 heavy (non-hydrogen) atoms. The molecule has 1 fully saturated rings. The second kappa shape index (κ2) is 10.9. The van der Waals surface area contributed by atoms with E-state index in [0.717, 1.165) is 35.7 Å².